The van der Waals surface area contributed by atoms with Gasteiger partial charge in [-0.15, -0.1) is 11.3 Å². The highest BCUT2D eigenvalue weighted by molar-refractivity contribution is 7.88. The Morgan fingerprint density at radius 3 is 2.39 bits per heavy atom. The van der Waals surface area contributed by atoms with Gasteiger partial charge in [0.05, 0.1) is 5.75 Å². The van der Waals surface area contributed by atoms with Crippen molar-refractivity contribution in [1.29, 1.82) is 0 Å². The number of sulfonamides is 1. The van der Waals surface area contributed by atoms with Gasteiger partial charge in [-0.3, -0.25) is 4.99 Å². The Morgan fingerprint density at radius 1 is 1.07 bits per heavy atom. The lowest BCUT2D eigenvalue weighted by molar-refractivity contribution is 0.568. The lowest BCUT2D eigenvalue weighted by atomic mass is 10.1. The van der Waals surface area contributed by atoms with Crippen LogP contribution in [0.5, 0.6) is 0 Å². The number of guanidine groups is 1. The molecular formula is C20H30N4O2S2. The van der Waals surface area contributed by atoms with E-state index >= 15 is 0 Å². The first-order valence-electron chi connectivity index (χ1n) is 9.35. The molecule has 28 heavy (non-hydrogen) atoms. The summed E-state index contributed by atoms with van der Waals surface area (Å²) in [5.41, 5.74) is 1.72. The van der Waals surface area contributed by atoms with Crippen LogP contribution in [0.3, 0.4) is 0 Å². The molecule has 1 heterocycles. The van der Waals surface area contributed by atoms with E-state index in [0.29, 0.717) is 18.4 Å². The molecule has 1 aromatic carbocycles. The van der Waals surface area contributed by atoms with E-state index in [9.17, 15) is 8.42 Å². The third-order valence-corrected chi connectivity index (χ3v) is 6.78. The van der Waals surface area contributed by atoms with E-state index in [4.69, 9.17) is 0 Å². The number of rotatable bonds is 9. The van der Waals surface area contributed by atoms with Crippen LogP contribution in [0.2, 0.25) is 0 Å². The zero-order valence-corrected chi connectivity index (χ0v) is 18.5. The summed E-state index contributed by atoms with van der Waals surface area (Å²) in [5.74, 6) is 1.05. The topological polar surface area (TPSA) is 82.6 Å². The van der Waals surface area contributed by atoms with Crippen LogP contribution in [0.25, 0.3) is 0 Å². The minimum absolute atomic E-state index is 0.0372. The molecule has 0 fully saturated rings. The highest BCUT2D eigenvalue weighted by Crippen LogP contribution is 2.19. The van der Waals surface area contributed by atoms with Crippen LogP contribution in [0.1, 0.15) is 42.7 Å². The monoisotopic (exact) mass is 422 g/mol. The molecule has 154 valence electrons. The average Bonchev–Trinajstić information content (AvgIpc) is 3.16. The van der Waals surface area contributed by atoms with Crippen molar-refractivity contribution >= 4 is 27.3 Å². The van der Waals surface area contributed by atoms with E-state index in [1.54, 1.807) is 18.4 Å². The predicted molar refractivity (Wildman–Crippen MR) is 118 cm³/mol. The summed E-state index contributed by atoms with van der Waals surface area (Å²) in [6.45, 7) is 7.08. The molecule has 0 saturated heterocycles. The van der Waals surface area contributed by atoms with Crippen LogP contribution in [0, 0.1) is 0 Å². The smallest absolute Gasteiger partial charge is 0.216 e. The Balaban J connectivity index is 1.95. The minimum atomic E-state index is -3.37. The van der Waals surface area contributed by atoms with Crippen molar-refractivity contribution in [3.05, 3.63) is 57.8 Å². The molecule has 1 aromatic heterocycles. The van der Waals surface area contributed by atoms with Crippen molar-refractivity contribution in [2.24, 2.45) is 4.99 Å². The molecule has 8 heteroatoms. The Morgan fingerprint density at radius 2 is 1.79 bits per heavy atom. The maximum Gasteiger partial charge on any atom is 0.216 e. The normalized spacial score (nSPS) is 13.5. The average molecular weight is 423 g/mol. The van der Waals surface area contributed by atoms with E-state index in [0.717, 1.165) is 17.7 Å². The van der Waals surface area contributed by atoms with Crippen molar-refractivity contribution in [1.82, 2.24) is 15.4 Å². The van der Waals surface area contributed by atoms with Gasteiger partial charge in [0, 0.05) is 37.0 Å². The molecule has 2 aromatic rings. The standard InChI is InChI=1S/C20H30N4O2S2/c1-15(2)24-28(25,26)14-18-9-6-5-8-17(18)13-23-20(21-4)22-12-16(3)19-10-7-11-27-19/h5-11,15-16,24H,12-14H2,1-4H3,(H2,21,22,23). The first kappa shape index (κ1) is 22.4. The molecule has 1 unspecified atom stereocenters. The van der Waals surface area contributed by atoms with Gasteiger partial charge in [-0.1, -0.05) is 37.3 Å². The molecule has 0 radical (unpaired) electrons. The Kier molecular flexibility index (Phi) is 8.47. The van der Waals surface area contributed by atoms with Crippen LogP contribution in [-0.2, 0) is 22.3 Å². The second-order valence-electron chi connectivity index (χ2n) is 7.02. The summed E-state index contributed by atoms with van der Waals surface area (Å²) in [5, 5.41) is 8.70. The third-order valence-electron chi connectivity index (χ3n) is 4.15. The van der Waals surface area contributed by atoms with Crippen molar-refractivity contribution < 1.29 is 8.42 Å². The van der Waals surface area contributed by atoms with Gasteiger partial charge in [0.2, 0.25) is 10.0 Å². The van der Waals surface area contributed by atoms with E-state index < -0.39 is 10.0 Å². The Labute approximate surface area is 172 Å². The van der Waals surface area contributed by atoms with Gasteiger partial charge >= 0.3 is 0 Å². The number of benzene rings is 1. The lowest BCUT2D eigenvalue weighted by Crippen LogP contribution is -2.38. The molecule has 0 aliphatic carbocycles. The number of hydrogen-bond donors (Lipinski definition) is 3. The van der Waals surface area contributed by atoms with Gasteiger partial charge in [-0.25, -0.2) is 13.1 Å². The predicted octanol–water partition coefficient (Wildman–Crippen LogP) is 3.04. The molecule has 0 spiro atoms. The molecule has 2 rings (SSSR count). The van der Waals surface area contributed by atoms with Gasteiger partial charge in [-0.2, -0.15) is 0 Å². The maximum absolute atomic E-state index is 12.3. The second-order valence-corrected chi connectivity index (χ2v) is 9.76. The largest absolute Gasteiger partial charge is 0.356 e. The van der Waals surface area contributed by atoms with Crippen LogP contribution < -0.4 is 15.4 Å². The molecule has 0 saturated carbocycles. The summed E-state index contributed by atoms with van der Waals surface area (Å²) in [4.78, 5) is 5.60. The van der Waals surface area contributed by atoms with E-state index in [2.05, 4.69) is 44.8 Å². The molecule has 0 aliphatic rings. The summed E-state index contributed by atoms with van der Waals surface area (Å²) >= 11 is 1.75. The number of nitrogens with zero attached hydrogens (tertiary/aromatic N) is 1. The van der Waals surface area contributed by atoms with Crippen molar-refractivity contribution in [3.8, 4) is 0 Å². The third kappa shape index (κ3) is 7.26. The molecule has 6 nitrogen and oxygen atoms in total. The van der Waals surface area contributed by atoms with E-state index in [1.807, 2.05) is 38.1 Å². The zero-order chi connectivity index (χ0) is 20.6. The van der Waals surface area contributed by atoms with Crippen molar-refractivity contribution in [3.63, 3.8) is 0 Å². The number of aliphatic imine (C=N–C) groups is 1. The molecule has 0 bridgehead atoms. The number of thiophene rings is 1. The SMILES string of the molecule is CN=C(NCc1ccccc1CS(=O)(=O)NC(C)C)NCC(C)c1cccs1. The van der Waals surface area contributed by atoms with Gasteiger partial charge < -0.3 is 10.6 Å². The van der Waals surface area contributed by atoms with E-state index in [-0.39, 0.29) is 11.8 Å². The molecule has 1 atom stereocenters. The molecule has 3 N–H and O–H groups in total. The van der Waals surface area contributed by atoms with E-state index in [1.165, 1.54) is 4.88 Å². The fourth-order valence-corrected chi connectivity index (χ4v) is 5.08. The maximum atomic E-state index is 12.3. The fourth-order valence-electron chi connectivity index (χ4n) is 2.80. The summed E-state index contributed by atoms with van der Waals surface area (Å²) in [6.07, 6.45) is 0. The van der Waals surface area contributed by atoms with Gasteiger partial charge in [0.25, 0.3) is 0 Å². The van der Waals surface area contributed by atoms with Crippen LogP contribution in [-0.4, -0.2) is 34.0 Å². The highest BCUT2D eigenvalue weighted by atomic mass is 32.2. The summed E-state index contributed by atoms with van der Waals surface area (Å²) in [7, 11) is -1.64. The molecule has 0 amide bonds. The Hall–Kier alpha value is -1.90. The Bertz CT molecular complexity index is 862. The fraction of sp³-hybridized carbons (Fsp3) is 0.450. The van der Waals surface area contributed by atoms with Gasteiger partial charge in [0.1, 0.15) is 0 Å². The zero-order valence-electron chi connectivity index (χ0n) is 16.9. The molecule has 0 aliphatic heterocycles. The lowest BCUT2D eigenvalue weighted by Gasteiger charge is -2.17. The number of hydrogen-bond acceptors (Lipinski definition) is 4. The van der Waals surface area contributed by atoms with Crippen LogP contribution >= 0.6 is 11.3 Å². The summed E-state index contributed by atoms with van der Waals surface area (Å²) < 4.78 is 27.2. The van der Waals surface area contributed by atoms with Crippen LogP contribution in [0.4, 0.5) is 0 Å². The van der Waals surface area contributed by atoms with Crippen LogP contribution in [0.15, 0.2) is 46.8 Å². The quantitative estimate of drug-likeness (QED) is 0.428. The molecular weight excluding hydrogens is 392 g/mol. The van der Waals surface area contributed by atoms with Gasteiger partial charge in [-0.05, 0) is 36.4 Å². The first-order valence-corrected chi connectivity index (χ1v) is 11.9. The van der Waals surface area contributed by atoms with Crippen molar-refractivity contribution in [2.75, 3.05) is 13.6 Å². The highest BCUT2D eigenvalue weighted by Gasteiger charge is 2.15. The van der Waals surface area contributed by atoms with Gasteiger partial charge in [0.15, 0.2) is 5.96 Å². The first-order chi connectivity index (χ1) is 13.3. The summed E-state index contributed by atoms with van der Waals surface area (Å²) in [6, 6.07) is 11.6. The number of nitrogens with one attached hydrogen (secondary N) is 3. The second kappa shape index (κ2) is 10.6. The minimum Gasteiger partial charge on any atom is -0.356 e. The van der Waals surface area contributed by atoms with Crippen molar-refractivity contribution in [2.45, 2.75) is 45.0 Å².